The van der Waals surface area contributed by atoms with E-state index in [2.05, 4.69) is 0 Å². The van der Waals surface area contributed by atoms with Crippen LogP contribution in [0.3, 0.4) is 0 Å². The Morgan fingerprint density at radius 3 is 2.43 bits per heavy atom. The van der Waals surface area contributed by atoms with Crippen molar-refractivity contribution in [2.75, 3.05) is 0 Å². The standard InChI is InChI=1S/C14H11F2NO4/c1-8(18)9-2-5-14(12(16)6-9)21-10-3-4-13(17(19)20)11(15)7-10/h2-8,18H,1H3/t8-/m0/s1. The lowest BCUT2D eigenvalue weighted by Crippen LogP contribution is -1.96. The van der Waals surface area contributed by atoms with E-state index in [0.29, 0.717) is 5.56 Å². The molecule has 0 fully saturated rings. The molecule has 0 bridgehead atoms. The van der Waals surface area contributed by atoms with E-state index in [-0.39, 0.29) is 11.5 Å². The fraction of sp³-hybridized carbons (Fsp3) is 0.143. The number of hydrogen-bond acceptors (Lipinski definition) is 4. The van der Waals surface area contributed by atoms with Crippen molar-refractivity contribution in [2.24, 2.45) is 0 Å². The summed E-state index contributed by atoms with van der Waals surface area (Å²) in [5.41, 5.74) is -0.318. The van der Waals surface area contributed by atoms with Crippen LogP contribution in [0.5, 0.6) is 11.5 Å². The van der Waals surface area contributed by atoms with Crippen LogP contribution in [0.2, 0.25) is 0 Å². The van der Waals surface area contributed by atoms with E-state index in [9.17, 15) is 24.0 Å². The molecule has 0 spiro atoms. The number of ether oxygens (including phenoxy) is 1. The van der Waals surface area contributed by atoms with E-state index < -0.39 is 28.3 Å². The van der Waals surface area contributed by atoms with Crippen LogP contribution in [0.1, 0.15) is 18.6 Å². The number of nitrogens with zero attached hydrogens (tertiary/aromatic N) is 1. The van der Waals surface area contributed by atoms with Crippen molar-refractivity contribution in [3.05, 3.63) is 63.7 Å². The molecule has 0 aliphatic rings. The number of nitro benzene ring substituents is 1. The summed E-state index contributed by atoms with van der Waals surface area (Å²) in [6.07, 6.45) is -0.828. The summed E-state index contributed by atoms with van der Waals surface area (Å²) in [5.74, 6) is -2.04. The summed E-state index contributed by atoms with van der Waals surface area (Å²) in [6.45, 7) is 1.49. The molecular formula is C14H11F2NO4. The molecule has 0 radical (unpaired) electrons. The summed E-state index contributed by atoms with van der Waals surface area (Å²) in [5, 5.41) is 19.8. The van der Waals surface area contributed by atoms with Gasteiger partial charge in [-0.3, -0.25) is 10.1 Å². The quantitative estimate of drug-likeness (QED) is 0.689. The molecule has 0 aliphatic heterocycles. The first-order valence-electron chi connectivity index (χ1n) is 5.98. The molecule has 2 aromatic rings. The van der Waals surface area contributed by atoms with Gasteiger partial charge in [0.25, 0.3) is 0 Å². The molecule has 1 atom stereocenters. The van der Waals surface area contributed by atoms with Gasteiger partial charge in [0.15, 0.2) is 11.6 Å². The zero-order valence-corrected chi connectivity index (χ0v) is 10.9. The van der Waals surface area contributed by atoms with Crippen LogP contribution >= 0.6 is 0 Å². The lowest BCUT2D eigenvalue weighted by atomic mass is 10.1. The molecule has 2 rings (SSSR count). The highest BCUT2D eigenvalue weighted by Crippen LogP contribution is 2.29. The van der Waals surface area contributed by atoms with E-state index >= 15 is 0 Å². The third kappa shape index (κ3) is 3.32. The van der Waals surface area contributed by atoms with Crippen LogP contribution < -0.4 is 4.74 Å². The molecule has 0 aromatic heterocycles. The summed E-state index contributed by atoms with van der Waals surface area (Å²) in [4.78, 5) is 9.62. The number of benzene rings is 2. The first-order valence-corrected chi connectivity index (χ1v) is 5.98. The molecule has 0 saturated heterocycles. The Bertz CT molecular complexity index is 689. The van der Waals surface area contributed by atoms with Gasteiger partial charge in [0, 0.05) is 12.1 Å². The van der Waals surface area contributed by atoms with Gasteiger partial charge in [-0.1, -0.05) is 6.07 Å². The predicted molar refractivity (Wildman–Crippen MR) is 70.2 cm³/mol. The monoisotopic (exact) mass is 295 g/mol. The van der Waals surface area contributed by atoms with Crippen molar-refractivity contribution >= 4 is 5.69 Å². The maximum atomic E-state index is 13.8. The Labute approximate surface area is 118 Å². The maximum absolute atomic E-state index is 13.8. The van der Waals surface area contributed by atoms with Crippen LogP contribution in [0.4, 0.5) is 14.5 Å². The number of aliphatic hydroxyl groups is 1. The molecule has 0 aliphatic carbocycles. The van der Waals surface area contributed by atoms with Gasteiger partial charge in [-0.2, -0.15) is 4.39 Å². The molecule has 5 nitrogen and oxygen atoms in total. The van der Waals surface area contributed by atoms with Gasteiger partial charge in [0.1, 0.15) is 5.75 Å². The molecule has 2 aromatic carbocycles. The van der Waals surface area contributed by atoms with E-state index in [1.165, 1.54) is 25.1 Å². The van der Waals surface area contributed by atoms with Crippen molar-refractivity contribution < 1.29 is 23.5 Å². The van der Waals surface area contributed by atoms with Crippen molar-refractivity contribution in [2.45, 2.75) is 13.0 Å². The average molecular weight is 295 g/mol. The molecule has 7 heteroatoms. The lowest BCUT2D eigenvalue weighted by molar-refractivity contribution is -0.387. The number of hydrogen-bond donors (Lipinski definition) is 1. The summed E-state index contributed by atoms with van der Waals surface area (Å²) < 4.78 is 32.3. The third-order valence-corrected chi connectivity index (χ3v) is 2.78. The fourth-order valence-electron chi connectivity index (χ4n) is 1.69. The second kappa shape index (κ2) is 5.84. The van der Waals surface area contributed by atoms with Gasteiger partial charge >= 0.3 is 5.69 Å². The minimum Gasteiger partial charge on any atom is -0.454 e. The topological polar surface area (TPSA) is 72.6 Å². The number of nitro groups is 1. The first-order chi connectivity index (χ1) is 9.88. The summed E-state index contributed by atoms with van der Waals surface area (Å²) in [6, 6.07) is 6.76. The van der Waals surface area contributed by atoms with Gasteiger partial charge < -0.3 is 9.84 Å². The molecule has 0 saturated carbocycles. The van der Waals surface area contributed by atoms with E-state index in [0.717, 1.165) is 18.2 Å². The van der Waals surface area contributed by atoms with Crippen LogP contribution in [0.15, 0.2) is 36.4 Å². The highest BCUT2D eigenvalue weighted by Gasteiger charge is 2.15. The van der Waals surface area contributed by atoms with Gasteiger partial charge in [-0.05, 0) is 30.7 Å². The second-order valence-corrected chi connectivity index (χ2v) is 4.34. The summed E-state index contributed by atoms with van der Waals surface area (Å²) >= 11 is 0. The summed E-state index contributed by atoms with van der Waals surface area (Å²) in [7, 11) is 0. The largest absolute Gasteiger partial charge is 0.454 e. The molecule has 110 valence electrons. The Morgan fingerprint density at radius 1 is 1.19 bits per heavy atom. The van der Waals surface area contributed by atoms with E-state index in [4.69, 9.17) is 4.74 Å². The molecule has 1 N–H and O–H groups in total. The third-order valence-electron chi connectivity index (χ3n) is 2.78. The number of rotatable bonds is 4. The molecular weight excluding hydrogens is 284 g/mol. The van der Waals surface area contributed by atoms with Crippen LogP contribution in [-0.2, 0) is 0 Å². The normalized spacial score (nSPS) is 12.0. The Kier molecular flexibility index (Phi) is 4.13. The zero-order chi connectivity index (χ0) is 15.6. The predicted octanol–water partition coefficient (Wildman–Crippen LogP) is 3.72. The highest BCUT2D eigenvalue weighted by molar-refractivity contribution is 5.41. The Morgan fingerprint density at radius 2 is 1.90 bits per heavy atom. The fourth-order valence-corrected chi connectivity index (χ4v) is 1.69. The van der Waals surface area contributed by atoms with Gasteiger partial charge in [0.2, 0.25) is 5.82 Å². The SMILES string of the molecule is C[C@H](O)c1ccc(Oc2ccc([N+](=O)[O-])c(F)c2)c(F)c1. The molecule has 21 heavy (non-hydrogen) atoms. The number of halogens is 2. The molecule has 0 unspecified atom stereocenters. The minimum absolute atomic E-state index is 0.0678. The van der Waals surface area contributed by atoms with Crippen LogP contribution in [-0.4, -0.2) is 10.0 Å². The first kappa shape index (κ1) is 14.9. The maximum Gasteiger partial charge on any atom is 0.305 e. The second-order valence-electron chi connectivity index (χ2n) is 4.34. The van der Waals surface area contributed by atoms with Crippen molar-refractivity contribution in [1.82, 2.24) is 0 Å². The smallest absolute Gasteiger partial charge is 0.305 e. The Hall–Kier alpha value is -2.54. The van der Waals surface area contributed by atoms with Gasteiger partial charge in [-0.15, -0.1) is 0 Å². The lowest BCUT2D eigenvalue weighted by Gasteiger charge is -2.09. The van der Waals surface area contributed by atoms with E-state index in [1.54, 1.807) is 0 Å². The number of aliphatic hydroxyl groups excluding tert-OH is 1. The van der Waals surface area contributed by atoms with Crippen LogP contribution in [0, 0.1) is 21.7 Å². The minimum atomic E-state index is -1.07. The van der Waals surface area contributed by atoms with Crippen molar-refractivity contribution in [3.8, 4) is 11.5 Å². The average Bonchev–Trinajstić information content (AvgIpc) is 2.40. The van der Waals surface area contributed by atoms with Crippen LogP contribution in [0.25, 0.3) is 0 Å². The molecule has 0 heterocycles. The van der Waals surface area contributed by atoms with Gasteiger partial charge in [0.05, 0.1) is 11.0 Å². The van der Waals surface area contributed by atoms with Gasteiger partial charge in [-0.25, -0.2) is 4.39 Å². The van der Waals surface area contributed by atoms with Crippen molar-refractivity contribution in [1.29, 1.82) is 0 Å². The Balaban J connectivity index is 2.26. The van der Waals surface area contributed by atoms with Crippen molar-refractivity contribution in [3.63, 3.8) is 0 Å². The highest BCUT2D eigenvalue weighted by atomic mass is 19.1. The molecule has 0 amide bonds. The zero-order valence-electron chi connectivity index (χ0n) is 10.9. The van der Waals surface area contributed by atoms with E-state index in [1.807, 2.05) is 0 Å².